The van der Waals surface area contributed by atoms with Crippen molar-refractivity contribution >= 4 is 27.0 Å². The number of alkyl halides is 3. The molecule has 2 aromatic heterocycles. The fourth-order valence-electron chi connectivity index (χ4n) is 2.91. The molecule has 0 aliphatic rings. The lowest BCUT2D eigenvalue weighted by Crippen LogP contribution is -2.41. The molecule has 0 radical (unpaired) electrons. The van der Waals surface area contributed by atoms with Crippen molar-refractivity contribution in [3.8, 4) is 11.1 Å². The molecule has 0 aliphatic heterocycles. The summed E-state index contributed by atoms with van der Waals surface area (Å²) in [5.41, 5.74) is 8.40. The summed E-state index contributed by atoms with van der Waals surface area (Å²) >= 11 is 0. The van der Waals surface area contributed by atoms with E-state index in [9.17, 15) is 26.4 Å². The number of sulfonamides is 1. The van der Waals surface area contributed by atoms with Crippen molar-refractivity contribution in [2.45, 2.75) is 24.4 Å². The van der Waals surface area contributed by atoms with E-state index < -0.39 is 28.7 Å². The van der Waals surface area contributed by atoms with E-state index in [0.29, 0.717) is 11.2 Å². The third-order valence-corrected chi connectivity index (χ3v) is 6.09. The maximum atomic E-state index is 12.7. The third-order valence-electron chi connectivity index (χ3n) is 4.43. The van der Waals surface area contributed by atoms with Crippen LogP contribution in [-0.4, -0.2) is 48.1 Å². The summed E-state index contributed by atoms with van der Waals surface area (Å²) in [7, 11) is -4.57. The van der Waals surface area contributed by atoms with Gasteiger partial charge in [-0.05, 0) is 46.3 Å². The Labute approximate surface area is 175 Å². The van der Waals surface area contributed by atoms with Gasteiger partial charge in [0.2, 0.25) is 0 Å². The lowest BCUT2D eigenvalue weighted by Gasteiger charge is -2.21. The average Bonchev–Trinajstić information content (AvgIpc) is 3.16. The Bertz CT molecular complexity index is 1190. The van der Waals surface area contributed by atoms with E-state index in [4.69, 9.17) is 5.73 Å². The number of halogens is 3. The van der Waals surface area contributed by atoms with E-state index in [-0.39, 0.29) is 15.9 Å². The van der Waals surface area contributed by atoms with Crippen molar-refractivity contribution in [2.75, 3.05) is 13.1 Å². The molecule has 2 heterocycles. The first-order chi connectivity index (χ1) is 14.6. The van der Waals surface area contributed by atoms with Crippen LogP contribution in [0.25, 0.3) is 22.2 Å². The van der Waals surface area contributed by atoms with Crippen molar-refractivity contribution in [1.82, 2.24) is 14.4 Å². The number of carbonyl (C=O) groups excluding carboxylic acids is 1. The lowest BCUT2D eigenvalue weighted by molar-refractivity contribution is -0.222. The molecular weight excluding hydrogens is 437 g/mol. The van der Waals surface area contributed by atoms with Gasteiger partial charge in [-0.3, -0.25) is 0 Å². The highest BCUT2D eigenvalue weighted by Crippen LogP contribution is 2.30. The number of rotatable bonds is 7. The summed E-state index contributed by atoms with van der Waals surface area (Å²) in [6.45, 7) is 0.994. The monoisotopic (exact) mass is 456 g/mol. The summed E-state index contributed by atoms with van der Waals surface area (Å²) in [6, 6.07) is 9.16. The molecular formula is C19H19F3N4O4S. The quantitative estimate of drug-likeness (QED) is 0.528. The smallest absolute Gasteiger partial charge is 0.345 e. The number of H-pyrrole nitrogens is 1. The summed E-state index contributed by atoms with van der Waals surface area (Å²) in [5.74, 6) is -2.65. The van der Waals surface area contributed by atoms with Crippen LogP contribution in [-0.2, 0) is 26.1 Å². The highest BCUT2D eigenvalue weighted by Gasteiger charge is 2.44. The van der Waals surface area contributed by atoms with Crippen molar-refractivity contribution in [1.29, 1.82) is 0 Å². The van der Waals surface area contributed by atoms with Crippen LogP contribution in [0.15, 0.2) is 47.5 Å². The van der Waals surface area contributed by atoms with Gasteiger partial charge in [-0.2, -0.15) is 13.2 Å². The Morgan fingerprint density at radius 1 is 1.23 bits per heavy atom. The van der Waals surface area contributed by atoms with E-state index in [1.807, 2.05) is 13.0 Å². The number of hydrogen-bond acceptors (Lipinski definition) is 6. The van der Waals surface area contributed by atoms with Gasteiger partial charge in [-0.1, -0.05) is 19.1 Å². The largest absolute Gasteiger partial charge is 0.492 e. The van der Waals surface area contributed by atoms with Gasteiger partial charge >= 0.3 is 12.1 Å². The maximum Gasteiger partial charge on any atom is 0.492 e. The van der Waals surface area contributed by atoms with Gasteiger partial charge in [0.1, 0.15) is 5.65 Å². The normalized spacial score (nSPS) is 12.5. The molecule has 0 bridgehead atoms. The van der Waals surface area contributed by atoms with Crippen LogP contribution in [0.4, 0.5) is 13.2 Å². The predicted molar refractivity (Wildman–Crippen MR) is 106 cm³/mol. The molecule has 31 heavy (non-hydrogen) atoms. The van der Waals surface area contributed by atoms with Crippen molar-refractivity contribution in [3.05, 3.63) is 48.3 Å². The van der Waals surface area contributed by atoms with Crippen LogP contribution >= 0.6 is 0 Å². The topological polar surface area (TPSA) is 118 Å². The lowest BCUT2D eigenvalue weighted by atomic mass is 10.0. The van der Waals surface area contributed by atoms with Gasteiger partial charge < -0.3 is 15.6 Å². The Balaban J connectivity index is 1.94. The summed E-state index contributed by atoms with van der Waals surface area (Å²) < 4.78 is 62.8. The molecule has 0 saturated heterocycles. The minimum Gasteiger partial charge on any atom is -0.345 e. The number of hydroxylamine groups is 1. The Hall–Kier alpha value is -2.96. The molecule has 166 valence electrons. The highest BCUT2D eigenvalue weighted by molar-refractivity contribution is 7.89. The first-order valence-corrected chi connectivity index (χ1v) is 10.6. The number of nitrogens with zero attached hydrogens (tertiary/aromatic N) is 2. The number of benzene rings is 1. The van der Waals surface area contributed by atoms with Crippen LogP contribution < -0.4 is 5.73 Å². The zero-order valence-electron chi connectivity index (χ0n) is 16.3. The van der Waals surface area contributed by atoms with Crippen LogP contribution in [0, 0.1) is 0 Å². The van der Waals surface area contributed by atoms with Crippen LogP contribution in [0.3, 0.4) is 0 Å². The molecule has 1 aromatic carbocycles. The number of nitrogens with two attached hydrogens (primary N) is 1. The zero-order valence-corrected chi connectivity index (χ0v) is 17.1. The summed E-state index contributed by atoms with van der Waals surface area (Å²) in [4.78, 5) is 22.3. The van der Waals surface area contributed by atoms with E-state index in [1.54, 1.807) is 12.3 Å². The van der Waals surface area contributed by atoms with Gasteiger partial charge in [0, 0.05) is 23.8 Å². The number of fused-ring (bicyclic) bond motifs is 1. The second kappa shape index (κ2) is 8.65. The molecule has 3 N–H and O–H groups in total. The van der Waals surface area contributed by atoms with Gasteiger partial charge in [-0.25, -0.2) is 18.2 Å². The van der Waals surface area contributed by atoms with E-state index >= 15 is 0 Å². The van der Waals surface area contributed by atoms with Crippen LogP contribution in [0.5, 0.6) is 0 Å². The Morgan fingerprint density at radius 3 is 2.48 bits per heavy atom. The fraction of sp³-hybridized carbons (Fsp3) is 0.263. The summed E-state index contributed by atoms with van der Waals surface area (Å²) in [6.07, 6.45) is -2.97. The molecule has 8 nitrogen and oxygen atoms in total. The molecule has 0 aliphatic carbocycles. The Kier molecular flexibility index (Phi) is 6.34. The first-order valence-electron chi connectivity index (χ1n) is 9.17. The molecule has 0 spiro atoms. The van der Waals surface area contributed by atoms with E-state index in [2.05, 4.69) is 14.8 Å². The van der Waals surface area contributed by atoms with Gasteiger partial charge in [0.25, 0.3) is 10.0 Å². The Morgan fingerprint density at radius 2 is 1.90 bits per heavy atom. The van der Waals surface area contributed by atoms with E-state index in [0.717, 1.165) is 23.1 Å². The first kappa shape index (κ1) is 22.7. The minimum absolute atomic E-state index is 0.0534. The van der Waals surface area contributed by atoms with Crippen LogP contribution in [0.1, 0.15) is 12.6 Å². The van der Waals surface area contributed by atoms with Gasteiger partial charge in [-0.15, -0.1) is 0 Å². The minimum atomic E-state index is -5.35. The molecule has 0 unspecified atom stereocenters. The highest BCUT2D eigenvalue weighted by atomic mass is 32.2. The number of pyridine rings is 1. The van der Waals surface area contributed by atoms with Gasteiger partial charge in [0.05, 0.1) is 11.4 Å². The predicted octanol–water partition coefficient (Wildman–Crippen LogP) is 2.76. The zero-order chi connectivity index (χ0) is 22.8. The van der Waals surface area contributed by atoms with Crippen molar-refractivity contribution in [3.63, 3.8) is 0 Å². The maximum absolute atomic E-state index is 12.7. The second-order valence-electron chi connectivity index (χ2n) is 6.49. The molecule has 0 atom stereocenters. The van der Waals surface area contributed by atoms with Crippen molar-refractivity contribution in [2.24, 2.45) is 5.73 Å². The van der Waals surface area contributed by atoms with Crippen LogP contribution in [0.2, 0.25) is 0 Å². The average molecular weight is 456 g/mol. The molecule has 0 saturated carbocycles. The second-order valence-corrected chi connectivity index (χ2v) is 8.32. The SMILES string of the molecule is CCc1cc2c(-c3ccc(S(=O)(=O)N(CCN)OC(=O)C(F)(F)F)cc3)ccnc2[nH]1. The number of aromatic amines is 1. The van der Waals surface area contributed by atoms with Crippen molar-refractivity contribution < 1.29 is 31.2 Å². The number of aryl methyl sites for hydroxylation is 1. The number of hydrogen-bond donors (Lipinski definition) is 2. The molecule has 0 amide bonds. The number of nitrogens with one attached hydrogen (secondary N) is 1. The van der Waals surface area contributed by atoms with E-state index in [1.165, 1.54) is 24.3 Å². The fourth-order valence-corrected chi connectivity index (χ4v) is 4.14. The molecule has 12 heteroatoms. The molecule has 3 aromatic rings. The molecule has 3 rings (SSSR count). The van der Waals surface area contributed by atoms with Gasteiger partial charge in [0.15, 0.2) is 0 Å². The summed E-state index contributed by atoms with van der Waals surface area (Å²) in [5, 5.41) is 0.846. The standard InChI is InChI=1S/C19H19F3N4O4S/c1-2-13-11-16-15(7-9-24-17(16)25-13)12-3-5-14(6-4-12)31(28,29)26(10-8-23)30-18(27)19(20,21)22/h3-7,9,11H,2,8,10,23H2,1H3,(H,24,25). The number of aromatic nitrogens is 2. The number of carbonyl (C=O) groups is 1. The molecule has 0 fully saturated rings. The third kappa shape index (κ3) is 4.70.